The van der Waals surface area contributed by atoms with Crippen molar-refractivity contribution >= 4 is 24.4 Å². The highest BCUT2D eigenvalue weighted by Crippen LogP contribution is 2.35. The van der Waals surface area contributed by atoms with Crippen LogP contribution in [0, 0.1) is 0 Å². The smallest absolute Gasteiger partial charge is 0.201 e. The molecule has 0 aliphatic heterocycles. The number of hydrogen-bond acceptors (Lipinski definition) is 0. The summed E-state index contributed by atoms with van der Waals surface area (Å²) in [5, 5.41) is 2.46. The van der Waals surface area contributed by atoms with Gasteiger partial charge in [-0.15, -0.1) is 6.58 Å². The Balaban J connectivity index is 1.90. The van der Waals surface area contributed by atoms with Crippen LogP contribution in [0.3, 0.4) is 0 Å². The summed E-state index contributed by atoms with van der Waals surface area (Å²) >= 11 is 0. The number of allylic oxidation sites excluding steroid dienone is 1. The summed E-state index contributed by atoms with van der Waals surface area (Å²) in [4.78, 5) is 0. The third-order valence-corrected chi connectivity index (χ3v) is 8.55. The first-order valence-corrected chi connectivity index (χ1v) is 12.5. The minimum atomic E-state index is -4.47. The fraction of sp³-hybridized carbons (Fsp3) is 0.103. The molecule has 1 radical (unpaired) electrons. The zero-order valence-corrected chi connectivity index (χ0v) is 19.7. The maximum atomic E-state index is 15.5. The minimum Gasteiger partial charge on any atom is -0.201 e. The van der Waals surface area contributed by atoms with E-state index in [4.69, 9.17) is 0 Å². The van der Waals surface area contributed by atoms with Crippen LogP contribution in [0.1, 0.15) is 17.5 Å². The molecule has 0 saturated heterocycles. The van der Waals surface area contributed by atoms with Crippen molar-refractivity contribution in [3.05, 3.63) is 127 Å². The maximum absolute atomic E-state index is 15.5. The predicted octanol–water partition coefficient (Wildman–Crippen LogP) is 6.56. The lowest BCUT2D eigenvalue weighted by molar-refractivity contribution is -0.137. The van der Waals surface area contributed by atoms with E-state index in [2.05, 4.69) is 6.58 Å². The molecule has 0 aliphatic rings. The third-order valence-electron chi connectivity index (χ3n) is 5.75. The normalized spacial score (nSPS) is 12.1. The van der Waals surface area contributed by atoms with Gasteiger partial charge in [0.05, 0.1) is 5.56 Å². The van der Waals surface area contributed by atoms with Gasteiger partial charge in [-0.2, -0.15) is 13.2 Å². The van der Waals surface area contributed by atoms with E-state index in [0.717, 1.165) is 22.5 Å². The Morgan fingerprint density at radius 2 is 1.17 bits per heavy atom. The van der Waals surface area contributed by atoms with Crippen LogP contribution in [0.2, 0.25) is 0 Å². The zero-order valence-electron chi connectivity index (χ0n) is 18.7. The lowest BCUT2D eigenvalue weighted by atomic mass is 9.98. The van der Waals surface area contributed by atoms with E-state index in [1.807, 2.05) is 60.7 Å². The Morgan fingerprint density at radius 1 is 0.657 bits per heavy atom. The van der Waals surface area contributed by atoms with Gasteiger partial charge >= 0.3 is 6.18 Å². The zero-order chi connectivity index (χ0) is 25.1. The van der Waals surface area contributed by atoms with E-state index >= 15 is 8.78 Å². The van der Waals surface area contributed by atoms with Gasteiger partial charge in [-0.05, 0) is 34.5 Å². The van der Waals surface area contributed by atoms with Crippen molar-refractivity contribution in [3.63, 3.8) is 0 Å². The molecule has 0 fully saturated rings. The molecule has 0 heterocycles. The molecular formula is C29H22F5Si. The van der Waals surface area contributed by atoms with Crippen LogP contribution in [0.15, 0.2) is 116 Å². The molecule has 35 heavy (non-hydrogen) atoms. The minimum absolute atomic E-state index is 0.128. The molecule has 0 nitrogen and oxygen atoms in total. The van der Waals surface area contributed by atoms with Crippen LogP contribution in [-0.4, -0.2) is 8.80 Å². The molecule has 6 heteroatoms. The highest BCUT2D eigenvalue weighted by Gasteiger charge is 2.36. The molecule has 0 bridgehead atoms. The van der Waals surface area contributed by atoms with Gasteiger partial charge < -0.3 is 0 Å². The Hall–Kier alpha value is -3.51. The molecule has 4 rings (SSSR count). The lowest BCUT2D eigenvalue weighted by Crippen LogP contribution is -2.54. The molecule has 0 N–H and O–H groups in total. The molecule has 4 aromatic rings. The van der Waals surface area contributed by atoms with Crippen molar-refractivity contribution in [1.29, 1.82) is 0 Å². The first-order chi connectivity index (χ1) is 16.7. The Bertz CT molecular complexity index is 1240. The second-order valence-electron chi connectivity index (χ2n) is 8.14. The van der Waals surface area contributed by atoms with Crippen LogP contribution in [0.4, 0.5) is 22.0 Å². The van der Waals surface area contributed by atoms with Gasteiger partial charge in [0.2, 0.25) is 0 Å². The summed E-state index contributed by atoms with van der Waals surface area (Å²) < 4.78 is 70.0. The van der Waals surface area contributed by atoms with Gasteiger partial charge in [0.25, 0.3) is 5.92 Å². The topological polar surface area (TPSA) is 0 Å². The van der Waals surface area contributed by atoms with E-state index in [9.17, 15) is 13.2 Å². The fourth-order valence-corrected chi connectivity index (χ4v) is 6.86. The first-order valence-electron chi connectivity index (χ1n) is 11.0. The van der Waals surface area contributed by atoms with Crippen molar-refractivity contribution in [2.24, 2.45) is 0 Å². The van der Waals surface area contributed by atoms with Crippen LogP contribution in [0.25, 0.3) is 11.1 Å². The second kappa shape index (κ2) is 10.00. The highest BCUT2D eigenvalue weighted by molar-refractivity contribution is 6.95. The summed E-state index contributed by atoms with van der Waals surface area (Å²) in [5.74, 6) is -3.20. The van der Waals surface area contributed by atoms with Gasteiger partial charge in [-0.3, -0.25) is 0 Å². The molecule has 0 atom stereocenters. The van der Waals surface area contributed by atoms with Crippen LogP contribution < -0.4 is 15.6 Å². The molecule has 0 amide bonds. The van der Waals surface area contributed by atoms with E-state index in [-0.39, 0.29) is 5.56 Å². The average Bonchev–Trinajstić information content (AvgIpc) is 2.85. The van der Waals surface area contributed by atoms with E-state index in [1.165, 1.54) is 24.3 Å². The Morgan fingerprint density at radius 3 is 1.66 bits per heavy atom. The summed E-state index contributed by atoms with van der Waals surface area (Å²) in [6, 6.07) is 28.5. The lowest BCUT2D eigenvalue weighted by Gasteiger charge is -2.25. The Kier molecular flexibility index (Phi) is 7.03. The van der Waals surface area contributed by atoms with Crippen molar-refractivity contribution in [2.75, 3.05) is 0 Å². The van der Waals surface area contributed by atoms with Crippen molar-refractivity contribution in [2.45, 2.75) is 18.5 Å². The van der Waals surface area contributed by atoms with Crippen LogP contribution in [0.5, 0.6) is 0 Å². The van der Waals surface area contributed by atoms with E-state index in [0.29, 0.717) is 16.3 Å². The molecular weight excluding hydrogens is 471 g/mol. The van der Waals surface area contributed by atoms with Crippen molar-refractivity contribution < 1.29 is 22.0 Å². The highest BCUT2D eigenvalue weighted by atomic mass is 28.3. The molecule has 0 aliphatic carbocycles. The summed E-state index contributed by atoms with van der Waals surface area (Å²) in [6.45, 7) is 3.50. The molecule has 0 spiro atoms. The average molecular weight is 494 g/mol. The Labute approximate surface area is 203 Å². The molecule has 177 valence electrons. The largest absolute Gasteiger partial charge is 0.416 e. The van der Waals surface area contributed by atoms with Crippen LogP contribution in [-0.2, 0) is 12.1 Å². The van der Waals surface area contributed by atoms with E-state index < -0.39 is 32.9 Å². The number of rotatable bonds is 7. The summed E-state index contributed by atoms with van der Waals surface area (Å²) in [5.41, 5.74) is -0.0396. The number of benzene rings is 4. The van der Waals surface area contributed by atoms with Gasteiger partial charge in [-0.1, -0.05) is 101 Å². The van der Waals surface area contributed by atoms with E-state index in [1.54, 1.807) is 12.1 Å². The summed E-state index contributed by atoms with van der Waals surface area (Å²) in [7, 11) is -1.79. The molecule has 0 aromatic heterocycles. The quantitative estimate of drug-likeness (QED) is 0.118. The van der Waals surface area contributed by atoms with Gasteiger partial charge in [-0.25, -0.2) is 8.78 Å². The SMILES string of the molecule is C=CCC(F)(F)c1cc(-c2ccc(C(F)(F)F)cc2)ccc1[Si](c1ccccc1)c1ccccc1. The van der Waals surface area contributed by atoms with Gasteiger partial charge in [0.15, 0.2) is 8.80 Å². The number of hydrogen-bond donors (Lipinski definition) is 0. The first kappa shape index (κ1) is 24.6. The second-order valence-corrected chi connectivity index (χ2v) is 10.6. The van der Waals surface area contributed by atoms with Gasteiger partial charge in [0, 0.05) is 12.0 Å². The monoisotopic (exact) mass is 493 g/mol. The van der Waals surface area contributed by atoms with Gasteiger partial charge in [0.1, 0.15) is 0 Å². The number of alkyl halides is 5. The molecule has 0 saturated carbocycles. The summed E-state index contributed by atoms with van der Waals surface area (Å²) in [6.07, 6.45) is -3.82. The standard InChI is InChI=1S/C29H22F5Si/c1-2-19-28(30,31)26-20-22(21-13-16-23(17-14-21)29(32,33)34)15-18-27(26)35(24-9-5-3-6-10-24)25-11-7-4-8-12-25/h2-18,20H,1,19H2. The van der Waals surface area contributed by atoms with Crippen LogP contribution >= 0.6 is 0 Å². The predicted molar refractivity (Wildman–Crippen MR) is 133 cm³/mol. The maximum Gasteiger partial charge on any atom is 0.416 e. The molecule has 4 aromatic carbocycles. The fourth-order valence-electron chi connectivity index (χ4n) is 4.07. The number of halogens is 5. The van der Waals surface area contributed by atoms with Crippen molar-refractivity contribution in [3.8, 4) is 11.1 Å². The van der Waals surface area contributed by atoms with Crippen molar-refractivity contribution in [1.82, 2.24) is 0 Å². The third kappa shape index (κ3) is 5.43. The molecule has 0 unspecified atom stereocenters.